The van der Waals surface area contributed by atoms with Crippen LogP contribution in [0.3, 0.4) is 0 Å². The second-order valence-corrected chi connectivity index (χ2v) is 6.52. The molecule has 2 atom stereocenters. The van der Waals surface area contributed by atoms with Gasteiger partial charge in [-0.2, -0.15) is 0 Å². The van der Waals surface area contributed by atoms with Crippen LogP contribution < -0.4 is 5.73 Å². The fraction of sp³-hybridized carbons (Fsp3) is 1.00. The smallest absolute Gasteiger partial charge is 0.215 e. The number of hydrogen-bond acceptors (Lipinski definition) is 4. The lowest BCUT2D eigenvalue weighted by Crippen LogP contribution is -2.45. The van der Waals surface area contributed by atoms with E-state index in [0.717, 1.165) is 19.4 Å². The van der Waals surface area contributed by atoms with E-state index in [1.165, 1.54) is 4.31 Å². The summed E-state index contributed by atoms with van der Waals surface area (Å²) in [6.07, 6.45) is 1.94. The molecule has 2 N–H and O–H groups in total. The summed E-state index contributed by atoms with van der Waals surface area (Å²) >= 11 is 0. The molecule has 0 aliphatic carbocycles. The summed E-state index contributed by atoms with van der Waals surface area (Å²) in [7, 11) is -3.22. The van der Waals surface area contributed by atoms with Gasteiger partial charge in [0.2, 0.25) is 10.0 Å². The number of nitrogens with zero attached hydrogens (tertiary/aromatic N) is 1. The largest absolute Gasteiger partial charge is 0.381 e. The van der Waals surface area contributed by atoms with Crippen molar-refractivity contribution in [3.05, 3.63) is 0 Å². The van der Waals surface area contributed by atoms with Crippen LogP contribution in [-0.2, 0) is 14.8 Å². The normalized spacial score (nSPS) is 23.9. The van der Waals surface area contributed by atoms with Crippen LogP contribution >= 0.6 is 0 Å². The molecule has 0 aromatic rings. The van der Waals surface area contributed by atoms with Crippen molar-refractivity contribution in [2.45, 2.75) is 32.7 Å². The zero-order chi connectivity index (χ0) is 12.9. The fourth-order valence-electron chi connectivity index (χ4n) is 2.20. The third-order valence-electron chi connectivity index (χ3n) is 3.30. The van der Waals surface area contributed by atoms with Gasteiger partial charge in [-0.25, -0.2) is 12.7 Å². The van der Waals surface area contributed by atoms with E-state index in [1.54, 1.807) is 0 Å². The van der Waals surface area contributed by atoms with Gasteiger partial charge >= 0.3 is 0 Å². The van der Waals surface area contributed by atoms with Crippen molar-refractivity contribution in [2.24, 2.45) is 11.7 Å². The van der Waals surface area contributed by atoms with Crippen LogP contribution in [0.15, 0.2) is 0 Å². The summed E-state index contributed by atoms with van der Waals surface area (Å²) in [5, 5.41) is 0. The maximum atomic E-state index is 12.1. The summed E-state index contributed by atoms with van der Waals surface area (Å²) in [6.45, 7) is 6.06. The van der Waals surface area contributed by atoms with Gasteiger partial charge in [0, 0.05) is 25.7 Å². The second-order valence-electron chi connectivity index (χ2n) is 4.50. The Morgan fingerprint density at radius 3 is 2.53 bits per heavy atom. The number of rotatable bonds is 6. The van der Waals surface area contributed by atoms with E-state index in [9.17, 15) is 8.42 Å². The molecule has 102 valence electrons. The van der Waals surface area contributed by atoms with Crippen LogP contribution in [-0.4, -0.2) is 50.8 Å². The molecule has 17 heavy (non-hydrogen) atoms. The fourth-order valence-corrected chi connectivity index (χ4v) is 3.96. The number of hydrogen-bond donors (Lipinski definition) is 1. The zero-order valence-corrected chi connectivity index (χ0v) is 11.6. The van der Waals surface area contributed by atoms with E-state index >= 15 is 0 Å². The SMILES string of the molecule is CCN(CC)S(=O)(=O)CC(N)C1CCCOC1. The van der Waals surface area contributed by atoms with Gasteiger partial charge in [-0.3, -0.25) is 0 Å². The lowest BCUT2D eigenvalue weighted by molar-refractivity contribution is 0.0475. The molecule has 0 amide bonds. The monoisotopic (exact) mass is 264 g/mol. The van der Waals surface area contributed by atoms with Gasteiger partial charge in [0.05, 0.1) is 12.4 Å². The Hall–Kier alpha value is -0.170. The van der Waals surface area contributed by atoms with E-state index in [-0.39, 0.29) is 17.7 Å². The van der Waals surface area contributed by atoms with Crippen molar-refractivity contribution in [3.63, 3.8) is 0 Å². The Bertz CT molecular complexity index is 309. The van der Waals surface area contributed by atoms with Crippen LogP contribution in [0.5, 0.6) is 0 Å². The quantitative estimate of drug-likeness (QED) is 0.754. The third-order valence-corrected chi connectivity index (χ3v) is 5.41. The highest BCUT2D eigenvalue weighted by atomic mass is 32.2. The Morgan fingerprint density at radius 2 is 2.06 bits per heavy atom. The van der Waals surface area contributed by atoms with E-state index < -0.39 is 10.0 Å². The number of ether oxygens (including phenoxy) is 1. The van der Waals surface area contributed by atoms with Crippen molar-refractivity contribution in [1.29, 1.82) is 0 Å². The van der Waals surface area contributed by atoms with Crippen molar-refractivity contribution in [2.75, 3.05) is 32.1 Å². The summed E-state index contributed by atoms with van der Waals surface area (Å²) < 4.78 is 30.9. The summed E-state index contributed by atoms with van der Waals surface area (Å²) in [6, 6.07) is -0.319. The summed E-state index contributed by atoms with van der Waals surface area (Å²) in [4.78, 5) is 0. The lowest BCUT2D eigenvalue weighted by Gasteiger charge is -2.29. The van der Waals surface area contributed by atoms with Crippen molar-refractivity contribution >= 4 is 10.0 Å². The first-order valence-electron chi connectivity index (χ1n) is 6.32. The van der Waals surface area contributed by atoms with E-state index in [1.807, 2.05) is 13.8 Å². The molecule has 1 rings (SSSR count). The molecule has 0 saturated carbocycles. The predicted molar refractivity (Wildman–Crippen MR) is 68.2 cm³/mol. The van der Waals surface area contributed by atoms with Gasteiger partial charge in [0.25, 0.3) is 0 Å². The molecule has 0 spiro atoms. The Morgan fingerprint density at radius 1 is 1.41 bits per heavy atom. The molecule has 1 aliphatic heterocycles. The van der Waals surface area contributed by atoms with Crippen LogP contribution in [0.4, 0.5) is 0 Å². The van der Waals surface area contributed by atoms with Crippen LogP contribution in [0.1, 0.15) is 26.7 Å². The van der Waals surface area contributed by atoms with Crippen molar-refractivity contribution in [1.82, 2.24) is 4.31 Å². The summed E-state index contributed by atoms with van der Waals surface area (Å²) in [5.74, 6) is 0.206. The third kappa shape index (κ3) is 4.21. The predicted octanol–water partition coefficient (Wildman–Crippen LogP) is 0.412. The van der Waals surface area contributed by atoms with Crippen molar-refractivity contribution < 1.29 is 13.2 Å². The molecule has 0 aromatic heterocycles. The molecular weight excluding hydrogens is 240 g/mol. The molecule has 1 heterocycles. The zero-order valence-electron chi connectivity index (χ0n) is 10.8. The molecule has 6 heteroatoms. The molecule has 2 unspecified atom stereocenters. The van der Waals surface area contributed by atoms with Gasteiger partial charge in [0.15, 0.2) is 0 Å². The standard InChI is InChI=1S/C11H24N2O3S/c1-3-13(4-2)17(14,15)9-11(12)10-6-5-7-16-8-10/h10-11H,3-9,12H2,1-2H3. The molecule has 1 aliphatic rings. The highest BCUT2D eigenvalue weighted by Gasteiger charge is 2.28. The highest BCUT2D eigenvalue weighted by Crippen LogP contribution is 2.18. The average molecular weight is 264 g/mol. The Labute approximate surface area is 104 Å². The molecule has 5 nitrogen and oxygen atoms in total. The van der Waals surface area contributed by atoms with Gasteiger partial charge in [-0.15, -0.1) is 0 Å². The average Bonchev–Trinajstić information content (AvgIpc) is 2.30. The molecule has 0 radical (unpaired) electrons. The van der Waals surface area contributed by atoms with Gasteiger partial charge in [-0.1, -0.05) is 13.8 Å². The van der Waals surface area contributed by atoms with Gasteiger partial charge < -0.3 is 10.5 Å². The minimum absolute atomic E-state index is 0.0305. The molecule has 1 fully saturated rings. The van der Waals surface area contributed by atoms with E-state index in [0.29, 0.717) is 19.7 Å². The Balaban J connectivity index is 2.56. The Kier molecular flexibility index (Phi) is 5.85. The minimum Gasteiger partial charge on any atom is -0.381 e. The molecule has 1 saturated heterocycles. The highest BCUT2D eigenvalue weighted by molar-refractivity contribution is 7.89. The van der Waals surface area contributed by atoms with E-state index in [4.69, 9.17) is 10.5 Å². The van der Waals surface area contributed by atoms with Crippen LogP contribution in [0, 0.1) is 5.92 Å². The topological polar surface area (TPSA) is 72.6 Å². The number of nitrogens with two attached hydrogens (primary N) is 1. The van der Waals surface area contributed by atoms with E-state index in [2.05, 4.69) is 0 Å². The second kappa shape index (κ2) is 6.68. The van der Waals surface area contributed by atoms with Crippen LogP contribution in [0.2, 0.25) is 0 Å². The molecule has 0 aromatic carbocycles. The van der Waals surface area contributed by atoms with Gasteiger partial charge in [-0.05, 0) is 18.8 Å². The minimum atomic E-state index is -3.22. The van der Waals surface area contributed by atoms with Crippen LogP contribution in [0.25, 0.3) is 0 Å². The molecule has 0 bridgehead atoms. The lowest BCUT2D eigenvalue weighted by atomic mass is 9.96. The maximum Gasteiger partial charge on any atom is 0.215 e. The number of sulfonamides is 1. The van der Waals surface area contributed by atoms with Gasteiger partial charge in [0.1, 0.15) is 0 Å². The first-order valence-corrected chi connectivity index (χ1v) is 7.93. The maximum absolute atomic E-state index is 12.1. The molecular formula is C11H24N2O3S. The summed E-state index contributed by atoms with van der Waals surface area (Å²) in [5.41, 5.74) is 6.00. The first kappa shape index (κ1) is 14.9. The van der Waals surface area contributed by atoms with Crippen molar-refractivity contribution in [3.8, 4) is 0 Å². The first-order chi connectivity index (χ1) is 8.01.